The van der Waals surface area contributed by atoms with Crippen molar-refractivity contribution < 1.29 is 13.2 Å². The highest BCUT2D eigenvalue weighted by Gasteiger charge is 2.40. The van der Waals surface area contributed by atoms with Crippen LogP contribution >= 0.6 is 0 Å². The van der Waals surface area contributed by atoms with Gasteiger partial charge in [-0.1, -0.05) is 24.6 Å². The average Bonchev–Trinajstić information content (AvgIpc) is 3.06. The molecule has 1 atom stereocenters. The van der Waals surface area contributed by atoms with Crippen molar-refractivity contribution in [2.75, 3.05) is 13.1 Å². The standard InChI is InChI=1S/C22H29F3N6/c1-3-26-20(29-18-8-9-19-28-15(2)30-31(19)13-18)27-14-21(10-5-11-21)16-6-4-7-17(12-16)22(23,24)25/h4,6-7,12,18H,3,5,8-11,13-14H2,1-2H3,(H2,26,27,29). The van der Waals surface area contributed by atoms with Crippen LogP contribution in [-0.2, 0) is 24.6 Å². The van der Waals surface area contributed by atoms with Crippen molar-refractivity contribution in [2.45, 2.75) is 70.1 Å². The number of guanidine groups is 1. The molecule has 9 heteroatoms. The monoisotopic (exact) mass is 434 g/mol. The van der Waals surface area contributed by atoms with Crippen LogP contribution in [0.5, 0.6) is 0 Å². The van der Waals surface area contributed by atoms with Gasteiger partial charge in [0.05, 0.1) is 18.7 Å². The van der Waals surface area contributed by atoms with Gasteiger partial charge in [0.15, 0.2) is 5.96 Å². The second-order valence-corrected chi connectivity index (χ2v) is 8.54. The van der Waals surface area contributed by atoms with Crippen molar-refractivity contribution in [1.82, 2.24) is 25.4 Å². The van der Waals surface area contributed by atoms with Gasteiger partial charge in [0.1, 0.15) is 11.6 Å². The summed E-state index contributed by atoms with van der Waals surface area (Å²) in [5.74, 6) is 2.49. The summed E-state index contributed by atoms with van der Waals surface area (Å²) >= 11 is 0. The summed E-state index contributed by atoms with van der Waals surface area (Å²) in [5.41, 5.74) is -0.188. The van der Waals surface area contributed by atoms with E-state index in [4.69, 9.17) is 4.99 Å². The normalized spacial score (nSPS) is 20.7. The molecule has 2 heterocycles. The quantitative estimate of drug-likeness (QED) is 0.558. The van der Waals surface area contributed by atoms with Gasteiger partial charge in [-0.3, -0.25) is 4.99 Å². The molecule has 1 aromatic heterocycles. The summed E-state index contributed by atoms with van der Waals surface area (Å²) in [6.07, 6.45) is 0.158. The van der Waals surface area contributed by atoms with Crippen LogP contribution < -0.4 is 10.6 Å². The largest absolute Gasteiger partial charge is 0.416 e. The molecule has 0 radical (unpaired) electrons. The Hall–Kier alpha value is -2.58. The molecule has 0 bridgehead atoms. The number of nitrogens with zero attached hydrogens (tertiary/aromatic N) is 4. The van der Waals surface area contributed by atoms with Crippen molar-refractivity contribution in [1.29, 1.82) is 0 Å². The molecule has 2 aromatic rings. The molecular weight excluding hydrogens is 405 g/mol. The molecule has 0 saturated heterocycles. The first-order valence-electron chi connectivity index (χ1n) is 10.9. The van der Waals surface area contributed by atoms with Gasteiger partial charge >= 0.3 is 6.18 Å². The lowest BCUT2D eigenvalue weighted by Gasteiger charge is -2.41. The van der Waals surface area contributed by atoms with Gasteiger partial charge in [-0.25, -0.2) is 9.67 Å². The highest BCUT2D eigenvalue weighted by atomic mass is 19.4. The number of rotatable bonds is 5. The minimum atomic E-state index is -4.33. The number of aromatic nitrogens is 3. The highest BCUT2D eigenvalue weighted by Crippen LogP contribution is 2.45. The van der Waals surface area contributed by atoms with Gasteiger partial charge in [0, 0.05) is 24.4 Å². The predicted molar refractivity (Wildman–Crippen MR) is 113 cm³/mol. The van der Waals surface area contributed by atoms with Crippen LogP contribution in [0.4, 0.5) is 13.2 Å². The maximum Gasteiger partial charge on any atom is 0.416 e. The van der Waals surface area contributed by atoms with Crippen LogP contribution in [0.1, 0.15) is 55.4 Å². The fraction of sp³-hybridized carbons (Fsp3) is 0.591. The lowest BCUT2D eigenvalue weighted by atomic mass is 9.64. The Kier molecular flexibility index (Phi) is 5.94. The van der Waals surface area contributed by atoms with Gasteiger partial charge in [0.2, 0.25) is 0 Å². The molecule has 2 aliphatic rings. The third-order valence-electron chi connectivity index (χ3n) is 6.30. The second-order valence-electron chi connectivity index (χ2n) is 8.54. The lowest BCUT2D eigenvalue weighted by Crippen LogP contribution is -2.48. The molecule has 2 N–H and O–H groups in total. The molecule has 0 spiro atoms. The number of fused-ring (bicyclic) bond motifs is 1. The third-order valence-corrected chi connectivity index (χ3v) is 6.30. The zero-order chi connectivity index (χ0) is 22.1. The van der Waals surface area contributed by atoms with Gasteiger partial charge in [-0.15, -0.1) is 0 Å². The zero-order valence-electron chi connectivity index (χ0n) is 18.0. The van der Waals surface area contributed by atoms with Gasteiger partial charge in [-0.05, 0) is 44.7 Å². The Balaban J connectivity index is 1.49. The molecule has 31 heavy (non-hydrogen) atoms. The minimum absolute atomic E-state index is 0.178. The fourth-order valence-electron chi connectivity index (χ4n) is 4.46. The average molecular weight is 435 g/mol. The van der Waals surface area contributed by atoms with E-state index in [9.17, 15) is 13.2 Å². The third kappa shape index (κ3) is 4.70. The van der Waals surface area contributed by atoms with Crippen LogP contribution in [0.3, 0.4) is 0 Å². The Labute approximate surface area is 180 Å². The number of aliphatic imine (C=N–C) groups is 1. The second kappa shape index (κ2) is 8.51. The van der Waals surface area contributed by atoms with Crippen molar-refractivity contribution in [3.63, 3.8) is 0 Å². The molecule has 1 aliphatic carbocycles. The molecule has 1 aromatic carbocycles. The smallest absolute Gasteiger partial charge is 0.357 e. The molecule has 168 valence electrons. The van der Waals surface area contributed by atoms with E-state index in [0.717, 1.165) is 61.9 Å². The maximum absolute atomic E-state index is 13.2. The lowest BCUT2D eigenvalue weighted by molar-refractivity contribution is -0.137. The summed E-state index contributed by atoms with van der Waals surface area (Å²) in [5, 5.41) is 11.2. The van der Waals surface area contributed by atoms with E-state index in [1.807, 2.05) is 18.5 Å². The van der Waals surface area contributed by atoms with Crippen LogP contribution in [0.2, 0.25) is 0 Å². The van der Waals surface area contributed by atoms with Gasteiger partial charge < -0.3 is 10.6 Å². The first-order chi connectivity index (χ1) is 14.8. The molecule has 1 fully saturated rings. The molecular formula is C22H29F3N6. The van der Waals surface area contributed by atoms with E-state index in [-0.39, 0.29) is 11.5 Å². The zero-order valence-corrected chi connectivity index (χ0v) is 18.0. The Morgan fingerprint density at radius 3 is 2.81 bits per heavy atom. The van der Waals surface area contributed by atoms with E-state index in [0.29, 0.717) is 19.0 Å². The Bertz CT molecular complexity index is 945. The summed E-state index contributed by atoms with van der Waals surface area (Å²) < 4.78 is 41.5. The van der Waals surface area contributed by atoms with E-state index < -0.39 is 11.7 Å². The van der Waals surface area contributed by atoms with E-state index >= 15 is 0 Å². The van der Waals surface area contributed by atoms with Crippen molar-refractivity contribution >= 4 is 5.96 Å². The number of alkyl halides is 3. The van der Waals surface area contributed by atoms with Gasteiger partial charge in [0.25, 0.3) is 0 Å². The molecule has 1 saturated carbocycles. The number of aryl methyl sites for hydroxylation is 2. The highest BCUT2D eigenvalue weighted by molar-refractivity contribution is 5.80. The Morgan fingerprint density at radius 2 is 2.13 bits per heavy atom. The number of hydrogen-bond acceptors (Lipinski definition) is 3. The van der Waals surface area contributed by atoms with Crippen molar-refractivity contribution in [3.8, 4) is 0 Å². The van der Waals surface area contributed by atoms with Crippen LogP contribution in [0, 0.1) is 6.92 Å². The maximum atomic E-state index is 13.2. The first kappa shape index (κ1) is 21.6. The summed E-state index contributed by atoms with van der Waals surface area (Å²) in [6, 6.07) is 5.92. The fourth-order valence-corrected chi connectivity index (χ4v) is 4.46. The minimum Gasteiger partial charge on any atom is -0.357 e. The van der Waals surface area contributed by atoms with E-state index in [2.05, 4.69) is 20.7 Å². The van der Waals surface area contributed by atoms with Gasteiger partial charge in [-0.2, -0.15) is 18.3 Å². The first-order valence-corrected chi connectivity index (χ1v) is 10.9. The van der Waals surface area contributed by atoms with E-state index in [1.54, 1.807) is 6.07 Å². The molecule has 1 aliphatic heterocycles. The SMILES string of the molecule is CCNC(=NCC1(c2cccc(C(F)(F)F)c2)CCC1)NC1CCc2nc(C)nn2C1. The van der Waals surface area contributed by atoms with E-state index in [1.165, 1.54) is 12.1 Å². The number of benzene rings is 1. The predicted octanol–water partition coefficient (Wildman–Crippen LogP) is 3.60. The molecule has 4 rings (SSSR count). The van der Waals surface area contributed by atoms with Crippen molar-refractivity contribution in [2.24, 2.45) is 4.99 Å². The van der Waals surface area contributed by atoms with Crippen LogP contribution in [0.15, 0.2) is 29.3 Å². The number of halogens is 3. The Morgan fingerprint density at radius 1 is 1.32 bits per heavy atom. The van der Waals surface area contributed by atoms with Crippen LogP contribution in [0.25, 0.3) is 0 Å². The summed E-state index contributed by atoms with van der Waals surface area (Å²) in [7, 11) is 0. The molecule has 1 unspecified atom stereocenters. The molecule has 0 amide bonds. The van der Waals surface area contributed by atoms with Crippen molar-refractivity contribution in [3.05, 3.63) is 47.0 Å². The topological polar surface area (TPSA) is 67.1 Å². The van der Waals surface area contributed by atoms with Crippen LogP contribution in [-0.4, -0.2) is 39.9 Å². The number of nitrogens with one attached hydrogen (secondary N) is 2. The number of hydrogen-bond donors (Lipinski definition) is 2. The summed E-state index contributed by atoms with van der Waals surface area (Å²) in [4.78, 5) is 9.24. The molecule has 6 nitrogen and oxygen atoms in total. The summed E-state index contributed by atoms with van der Waals surface area (Å²) in [6.45, 7) is 5.79.